The molecule has 1 aliphatic rings. The summed E-state index contributed by atoms with van der Waals surface area (Å²) in [7, 11) is 0. The van der Waals surface area contributed by atoms with Crippen molar-refractivity contribution >= 4 is 6.09 Å². The molecule has 16 heavy (non-hydrogen) atoms. The Balaban J connectivity index is 2.69. The number of amides is 1. The van der Waals surface area contributed by atoms with Crippen molar-refractivity contribution in [1.82, 2.24) is 4.90 Å². The van der Waals surface area contributed by atoms with E-state index in [0.717, 1.165) is 13.0 Å². The molecule has 4 heteroatoms. The first kappa shape index (κ1) is 13.3. The third-order valence-corrected chi connectivity index (χ3v) is 2.73. The molecule has 1 amide bonds. The van der Waals surface area contributed by atoms with Crippen molar-refractivity contribution in [2.45, 2.75) is 52.7 Å². The fourth-order valence-electron chi connectivity index (χ4n) is 2.15. The maximum absolute atomic E-state index is 12.0. The molecule has 1 saturated heterocycles. The predicted octanol–water partition coefficient (Wildman–Crippen LogP) is 1.98. The number of hydrogen-bond acceptors (Lipinski definition) is 3. The first-order valence-electron chi connectivity index (χ1n) is 5.84. The molecule has 1 rings (SSSR count). The molecule has 0 saturated carbocycles. The average Bonchev–Trinajstić information content (AvgIpc) is 2.38. The largest absolute Gasteiger partial charge is 0.444 e. The SMILES string of the molecule is CC1(C)C[C@H](CN)N(C(=O)OC(C)(C)C)C1. The Labute approximate surface area is 98.1 Å². The van der Waals surface area contributed by atoms with Gasteiger partial charge in [0.05, 0.1) is 0 Å². The Bertz CT molecular complexity index is 269. The van der Waals surface area contributed by atoms with E-state index in [0.29, 0.717) is 6.54 Å². The first-order chi connectivity index (χ1) is 7.14. The van der Waals surface area contributed by atoms with E-state index in [-0.39, 0.29) is 17.6 Å². The Hall–Kier alpha value is -0.770. The van der Waals surface area contributed by atoms with Crippen molar-refractivity contribution in [3.05, 3.63) is 0 Å². The molecule has 0 aliphatic carbocycles. The minimum absolute atomic E-state index is 0.116. The van der Waals surface area contributed by atoms with Gasteiger partial charge in [-0.2, -0.15) is 0 Å². The monoisotopic (exact) mass is 228 g/mol. The van der Waals surface area contributed by atoms with Crippen molar-refractivity contribution in [2.75, 3.05) is 13.1 Å². The lowest BCUT2D eigenvalue weighted by molar-refractivity contribution is 0.0219. The van der Waals surface area contributed by atoms with Gasteiger partial charge < -0.3 is 15.4 Å². The normalized spacial score (nSPS) is 24.6. The van der Waals surface area contributed by atoms with Crippen LogP contribution in [0.5, 0.6) is 0 Å². The van der Waals surface area contributed by atoms with Crippen LogP contribution in [-0.4, -0.2) is 35.7 Å². The van der Waals surface area contributed by atoms with E-state index in [2.05, 4.69) is 13.8 Å². The number of rotatable bonds is 1. The van der Waals surface area contributed by atoms with Crippen LogP contribution in [-0.2, 0) is 4.74 Å². The third kappa shape index (κ3) is 3.37. The number of nitrogens with zero attached hydrogens (tertiary/aromatic N) is 1. The van der Waals surface area contributed by atoms with E-state index in [1.54, 1.807) is 4.90 Å². The van der Waals surface area contributed by atoms with Gasteiger partial charge in [0.15, 0.2) is 0 Å². The molecule has 0 aromatic carbocycles. The number of carbonyl (C=O) groups is 1. The summed E-state index contributed by atoms with van der Waals surface area (Å²) in [6.45, 7) is 11.2. The molecule has 0 aromatic heterocycles. The number of hydrogen-bond donors (Lipinski definition) is 1. The standard InChI is InChI=1S/C12H24N2O2/c1-11(2,3)16-10(15)14-8-12(4,5)6-9(14)7-13/h9H,6-8,13H2,1-5H3/t9-/m1/s1. The summed E-state index contributed by atoms with van der Waals surface area (Å²) in [6.07, 6.45) is 0.705. The highest BCUT2D eigenvalue weighted by molar-refractivity contribution is 5.69. The highest BCUT2D eigenvalue weighted by Gasteiger charge is 2.40. The minimum Gasteiger partial charge on any atom is -0.444 e. The van der Waals surface area contributed by atoms with Crippen molar-refractivity contribution in [2.24, 2.45) is 11.1 Å². The zero-order valence-electron chi connectivity index (χ0n) is 11.0. The highest BCUT2D eigenvalue weighted by Crippen LogP contribution is 2.34. The zero-order valence-corrected chi connectivity index (χ0v) is 11.0. The van der Waals surface area contributed by atoms with Crippen molar-refractivity contribution in [3.63, 3.8) is 0 Å². The van der Waals surface area contributed by atoms with Crippen molar-refractivity contribution < 1.29 is 9.53 Å². The highest BCUT2D eigenvalue weighted by atomic mass is 16.6. The fourth-order valence-corrected chi connectivity index (χ4v) is 2.15. The van der Waals surface area contributed by atoms with Crippen LogP contribution in [0.1, 0.15) is 41.0 Å². The van der Waals surface area contributed by atoms with E-state index in [4.69, 9.17) is 10.5 Å². The summed E-state index contributed by atoms with van der Waals surface area (Å²) in [5, 5.41) is 0. The van der Waals surface area contributed by atoms with Crippen LogP contribution in [0.25, 0.3) is 0 Å². The van der Waals surface area contributed by atoms with Crippen LogP contribution < -0.4 is 5.73 Å². The molecule has 94 valence electrons. The zero-order chi connectivity index (χ0) is 12.6. The number of ether oxygens (including phenoxy) is 1. The molecule has 0 spiro atoms. The van der Waals surface area contributed by atoms with Gasteiger partial charge in [0, 0.05) is 19.1 Å². The Morgan fingerprint density at radius 3 is 2.50 bits per heavy atom. The molecule has 1 heterocycles. The Morgan fingerprint density at radius 1 is 1.50 bits per heavy atom. The molecule has 0 aromatic rings. The Morgan fingerprint density at radius 2 is 2.06 bits per heavy atom. The van der Waals surface area contributed by atoms with Gasteiger partial charge in [-0.3, -0.25) is 0 Å². The second kappa shape index (κ2) is 4.24. The van der Waals surface area contributed by atoms with E-state index < -0.39 is 5.60 Å². The Kier molecular flexibility index (Phi) is 3.53. The molecular weight excluding hydrogens is 204 g/mol. The smallest absolute Gasteiger partial charge is 0.410 e. The fraction of sp³-hybridized carbons (Fsp3) is 0.917. The number of nitrogens with two attached hydrogens (primary N) is 1. The maximum Gasteiger partial charge on any atom is 0.410 e. The molecule has 1 fully saturated rings. The minimum atomic E-state index is -0.442. The second-order valence-corrected chi connectivity index (χ2v) is 6.37. The van der Waals surface area contributed by atoms with E-state index >= 15 is 0 Å². The van der Waals surface area contributed by atoms with Gasteiger partial charge in [-0.15, -0.1) is 0 Å². The molecule has 1 atom stereocenters. The van der Waals surface area contributed by atoms with Gasteiger partial charge in [-0.1, -0.05) is 13.8 Å². The van der Waals surface area contributed by atoms with Crippen molar-refractivity contribution in [3.8, 4) is 0 Å². The molecule has 0 bridgehead atoms. The molecule has 0 unspecified atom stereocenters. The van der Waals surface area contributed by atoms with Gasteiger partial charge in [0.25, 0.3) is 0 Å². The van der Waals surface area contributed by atoms with Gasteiger partial charge in [0.1, 0.15) is 5.60 Å². The molecule has 4 nitrogen and oxygen atoms in total. The third-order valence-electron chi connectivity index (χ3n) is 2.73. The van der Waals surface area contributed by atoms with Crippen LogP contribution >= 0.6 is 0 Å². The molecule has 0 radical (unpaired) electrons. The predicted molar refractivity (Wildman–Crippen MR) is 64.2 cm³/mol. The topological polar surface area (TPSA) is 55.6 Å². The summed E-state index contributed by atoms with van der Waals surface area (Å²) >= 11 is 0. The van der Waals surface area contributed by atoms with Gasteiger partial charge in [-0.25, -0.2) is 4.79 Å². The lowest BCUT2D eigenvalue weighted by atomic mass is 9.91. The van der Waals surface area contributed by atoms with E-state index in [1.165, 1.54) is 0 Å². The number of likely N-dealkylation sites (tertiary alicyclic amines) is 1. The van der Waals surface area contributed by atoms with Gasteiger partial charge >= 0.3 is 6.09 Å². The molecular formula is C12H24N2O2. The van der Waals surface area contributed by atoms with Crippen LogP contribution in [0, 0.1) is 5.41 Å². The summed E-state index contributed by atoms with van der Waals surface area (Å²) in [6, 6.07) is 0.116. The second-order valence-electron chi connectivity index (χ2n) is 6.37. The van der Waals surface area contributed by atoms with E-state index in [9.17, 15) is 4.79 Å². The summed E-state index contributed by atoms with van der Waals surface area (Å²) < 4.78 is 5.38. The van der Waals surface area contributed by atoms with Gasteiger partial charge in [-0.05, 0) is 32.6 Å². The molecule has 2 N–H and O–H groups in total. The van der Waals surface area contributed by atoms with Crippen molar-refractivity contribution in [1.29, 1.82) is 0 Å². The molecule has 1 aliphatic heterocycles. The van der Waals surface area contributed by atoms with E-state index in [1.807, 2.05) is 20.8 Å². The quantitative estimate of drug-likeness (QED) is 0.746. The van der Waals surface area contributed by atoms with Crippen LogP contribution in [0.4, 0.5) is 4.79 Å². The lowest BCUT2D eigenvalue weighted by Gasteiger charge is -2.28. The summed E-state index contributed by atoms with van der Waals surface area (Å²) in [4.78, 5) is 13.7. The maximum atomic E-state index is 12.0. The van der Waals surface area contributed by atoms with Crippen LogP contribution in [0.2, 0.25) is 0 Å². The van der Waals surface area contributed by atoms with Crippen LogP contribution in [0.15, 0.2) is 0 Å². The first-order valence-corrected chi connectivity index (χ1v) is 5.84. The van der Waals surface area contributed by atoms with Gasteiger partial charge in [0.2, 0.25) is 0 Å². The summed E-state index contributed by atoms with van der Waals surface area (Å²) in [5.74, 6) is 0. The van der Waals surface area contributed by atoms with Crippen LogP contribution in [0.3, 0.4) is 0 Å². The summed E-state index contributed by atoms with van der Waals surface area (Å²) in [5.41, 5.74) is 5.40. The average molecular weight is 228 g/mol. The number of carbonyl (C=O) groups excluding carboxylic acids is 1. The lowest BCUT2D eigenvalue weighted by Crippen LogP contribution is -2.43.